The lowest BCUT2D eigenvalue weighted by molar-refractivity contribution is 0.475. The molecule has 8 heteroatoms. The van der Waals surface area contributed by atoms with Crippen LogP contribution in [0.3, 0.4) is 0 Å². The van der Waals surface area contributed by atoms with E-state index in [1.807, 2.05) is 41.7 Å². The van der Waals surface area contributed by atoms with Crippen molar-refractivity contribution >= 4 is 83.0 Å². The summed E-state index contributed by atoms with van der Waals surface area (Å²) >= 11 is 15.3. The van der Waals surface area contributed by atoms with Crippen LogP contribution in [0.1, 0.15) is 0 Å². The minimum atomic E-state index is 0.137. The summed E-state index contributed by atoms with van der Waals surface area (Å²) in [5.41, 5.74) is 0. The summed E-state index contributed by atoms with van der Waals surface area (Å²) in [5, 5.41) is 14.1. The van der Waals surface area contributed by atoms with Crippen molar-refractivity contribution in [2.45, 2.75) is 14.4 Å². The van der Waals surface area contributed by atoms with Gasteiger partial charge in [-0.2, -0.15) is 37.9 Å². The first-order valence-electron chi connectivity index (χ1n) is 9.15. The predicted octanol–water partition coefficient (Wildman–Crippen LogP) is 8.88. The molecule has 0 radical (unpaired) electrons. The number of hydrogen-bond acceptors (Lipinski definition) is 8. The fraction of sp³-hybridized carbons (Fsp3) is 0.130. The first kappa shape index (κ1) is 28.7. The second kappa shape index (κ2) is 20.3. The van der Waals surface area contributed by atoms with Crippen molar-refractivity contribution in [3.8, 4) is 5.75 Å². The van der Waals surface area contributed by atoms with Crippen LogP contribution in [0.2, 0.25) is 0 Å². The van der Waals surface area contributed by atoms with E-state index in [-0.39, 0.29) is 4.58 Å². The standard InChI is InChI=1S/C12H10S2.C6H6O.C3H4S2.C2H6S3/c1-3-7-11(8-4-1)13-14-12-9-5-2-6-10-12;7-6-4-2-1-3-5-6;1-2-5-3-4-1;3-1-2(4)5/h1-10H;1-5,7H;1-2H,3H2;2-5H,1H2. The molecular weight excluding hydrogens is 517 g/mol. The highest BCUT2D eigenvalue weighted by atomic mass is 33.1. The summed E-state index contributed by atoms with van der Waals surface area (Å²) in [4.78, 5) is 2.59. The number of rotatable bonds is 4. The molecule has 3 aromatic rings. The Morgan fingerprint density at radius 2 is 1.06 bits per heavy atom. The summed E-state index contributed by atoms with van der Waals surface area (Å²) < 4.78 is 0.137. The number of thiol groups is 3. The Morgan fingerprint density at radius 1 is 0.710 bits per heavy atom. The first-order valence-corrected chi connectivity index (χ1v) is 15.1. The smallest absolute Gasteiger partial charge is 0.115 e. The van der Waals surface area contributed by atoms with E-state index in [2.05, 4.69) is 97.2 Å². The van der Waals surface area contributed by atoms with Gasteiger partial charge in [-0.3, -0.25) is 0 Å². The van der Waals surface area contributed by atoms with E-state index in [4.69, 9.17) is 5.11 Å². The molecule has 1 aliphatic rings. The molecule has 0 spiro atoms. The van der Waals surface area contributed by atoms with Crippen molar-refractivity contribution in [3.05, 3.63) is 102 Å². The van der Waals surface area contributed by atoms with Crippen LogP contribution < -0.4 is 0 Å². The number of phenolic OH excluding ortho intramolecular Hbond substituents is 1. The Kier molecular flexibility index (Phi) is 18.8. The maximum absolute atomic E-state index is 8.63. The highest BCUT2D eigenvalue weighted by Gasteiger charge is 1.94. The van der Waals surface area contributed by atoms with Gasteiger partial charge in [-0.25, -0.2) is 0 Å². The van der Waals surface area contributed by atoms with Gasteiger partial charge in [0.1, 0.15) is 5.75 Å². The van der Waals surface area contributed by atoms with Crippen LogP contribution in [0.15, 0.2) is 112 Å². The molecule has 0 unspecified atom stereocenters. The van der Waals surface area contributed by atoms with Crippen LogP contribution in [0.25, 0.3) is 0 Å². The molecule has 0 aromatic heterocycles. The van der Waals surface area contributed by atoms with Crippen LogP contribution in [-0.2, 0) is 0 Å². The van der Waals surface area contributed by atoms with Crippen molar-refractivity contribution in [2.75, 3.05) is 10.8 Å². The van der Waals surface area contributed by atoms with E-state index in [1.165, 1.54) is 14.9 Å². The molecule has 1 heterocycles. The van der Waals surface area contributed by atoms with Crippen molar-refractivity contribution in [1.29, 1.82) is 0 Å². The Labute approximate surface area is 219 Å². The van der Waals surface area contributed by atoms with E-state index in [9.17, 15) is 0 Å². The first-order chi connectivity index (χ1) is 15.1. The summed E-state index contributed by atoms with van der Waals surface area (Å²) in [6.07, 6.45) is 0. The predicted molar refractivity (Wildman–Crippen MR) is 158 cm³/mol. The van der Waals surface area contributed by atoms with Gasteiger partial charge in [-0.1, -0.05) is 76.2 Å². The molecule has 1 nitrogen and oxygen atoms in total. The second-order valence-corrected chi connectivity index (χ2v) is 12.0. The summed E-state index contributed by atoms with van der Waals surface area (Å²) in [7, 11) is 3.58. The highest BCUT2D eigenvalue weighted by Crippen LogP contribution is 2.36. The minimum absolute atomic E-state index is 0.137. The normalized spacial score (nSPS) is 11.4. The van der Waals surface area contributed by atoms with Crippen molar-refractivity contribution in [1.82, 2.24) is 0 Å². The monoisotopic (exact) mass is 542 g/mol. The molecule has 0 saturated carbocycles. The Balaban J connectivity index is 0.000000236. The molecule has 0 bridgehead atoms. The van der Waals surface area contributed by atoms with Gasteiger partial charge in [-0.15, -0.1) is 23.5 Å². The van der Waals surface area contributed by atoms with E-state index in [1.54, 1.807) is 45.9 Å². The lowest BCUT2D eigenvalue weighted by Gasteiger charge is -1.99. The number of aromatic hydroxyl groups is 1. The average Bonchev–Trinajstić information content (AvgIpc) is 3.41. The zero-order chi connectivity index (χ0) is 22.6. The number of benzene rings is 3. The molecule has 0 aliphatic carbocycles. The summed E-state index contributed by atoms with van der Waals surface area (Å²) in [6, 6.07) is 29.5. The molecule has 31 heavy (non-hydrogen) atoms. The van der Waals surface area contributed by atoms with E-state index in [0.717, 1.165) is 5.75 Å². The largest absolute Gasteiger partial charge is 0.508 e. The van der Waals surface area contributed by atoms with Gasteiger partial charge in [0.05, 0.1) is 4.58 Å². The van der Waals surface area contributed by atoms with Crippen LogP contribution in [0.5, 0.6) is 5.75 Å². The molecule has 0 atom stereocenters. The SMILES string of the molecule is C1=CSCS1.Oc1ccccc1.SCC(S)S.c1ccc(SSc2ccccc2)cc1. The summed E-state index contributed by atoms with van der Waals surface area (Å²) in [5.74, 6) is 1.05. The third kappa shape index (κ3) is 17.8. The maximum atomic E-state index is 8.63. The third-order valence-corrected chi connectivity index (χ3v) is 8.67. The zero-order valence-electron chi connectivity index (χ0n) is 16.7. The Bertz CT molecular complexity index is 754. The number of thioether (sulfide) groups is 2. The minimum Gasteiger partial charge on any atom is -0.508 e. The van der Waals surface area contributed by atoms with E-state index in [0.29, 0.717) is 5.75 Å². The van der Waals surface area contributed by atoms with Gasteiger partial charge >= 0.3 is 0 Å². The number of hydrogen-bond donors (Lipinski definition) is 4. The zero-order valence-corrected chi connectivity index (χ0v) is 22.7. The Hall–Kier alpha value is -0.350. The maximum Gasteiger partial charge on any atom is 0.115 e. The van der Waals surface area contributed by atoms with Gasteiger partial charge in [-0.05, 0) is 47.2 Å². The Morgan fingerprint density at radius 3 is 1.29 bits per heavy atom. The third-order valence-electron chi connectivity index (χ3n) is 3.02. The fourth-order valence-corrected chi connectivity index (χ4v) is 5.22. The molecular formula is C23H26OS7. The van der Waals surface area contributed by atoms with Crippen LogP contribution in [-0.4, -0.2) is 20.5 Å². The van der Waals surface area contributed by atoms with Crippen LogP contribution >= 0.6 is 83.0 Å². The molecule has 0 amide bonds. The fourth-order valence-electron chi connectivity index (χ4n) is 1.67. The summed E-state index contributed by atoms with van der Waals surface area (Å²) in [6.45, 7) is 0. The molecule has 3 aromatic carbocycles. The van der Waals surface area contributed by atoms with Crippen LogP contribution in [0.4, 0.5) is 0 Å². The van der Waals surface area contributed by atoms with Crippen molar-refractivity contribution in [3.63, 3.8) is 0 Å². The van der Waals surface area contributed by atoms with E-state index >= 15 is 0 Å². The van der Waals surface area contributed by atoms with Crippen molar-refractivity contribution in [2.24, 2.45) is 0 Å². The number of phenols is 1. The van der Waals surface area contributed by atoms with Gasteiger partial charge < -0.3 is 5.11 Å². The molecule has 0 fully saturated rings. The van der Waals surface area contributed by atoms with Gasteiger partial charge in [0.15, 0.2) is 0 Å². The lowest BCUT2D eigenvalue weighted by Crippen LogP contribution is -1.83. The van der Waals surface area contributed by atoms with Crippen LogP contribution in [0, 0.1) is 0 Å². The van der Waals surface area contributed by atoms with Gasteiger partial charge in [0.25, 0.3) is 0 Å². The molecule has 1 aliphatic heterocycles. The lowest BCUT2D eigenvalue weighted by atomic mass is 10.3. The molecule has 1 N–H and O–H groups in total. The highest BCUT2D eigenvalue weighted by molar-refractivity contribution is 8.76. The number of para-hydroxylation sites is 1. The van der Waals surface area contributed by atoms with Gasteiger partial charge in [0.2, 0.25) is 0 Å². The van der Waals surface area contributed by atoms with E-state index < -0.39 is 0 Å². The molecule has 0 saturated heterocycles. The topological polar surface area (TPSA) is 20.2 Å². The molecule has 4 rings (SSSR count). The second-order valence-electron chi connectivity index (χ2n) is 5.51. The molecule has 166 valence electrons. The quantitative estimate of drug-likeness (QED) is 0.150. The average molecular weight is 543 g/mol. The van der Waals surface area contributed by atoms with Gasteiger partial charge in [0, 0.05) is 20.6 Å². The van der Waals surface area contributed by atoms with Crippen molar-refractivity contribution < 1.29 is 5.11 Å².